The standard InChI is InChI=1S/C12H16BrNO2S/c1-9(17(2)16)8-14-12(15)11-5-3-10(7-13)4-6-11/h3-6,9H,7-8H2,1-2H3,(H,14,15). The first kappa shape index (κ1) is 14.4. The Morgan fingerprint density at radius 1 is 1.41 bits per heavy atom. The summed E-state index contributed by atoms with van der Waals surface area (Å²) in [6.07, 6.45) is 1.64. The van der Waals surface area contributed by atoms with Gasteiger partial charge in [0.2, 0.25) is 0 Å². The summed E-state index contributed by atoms with van der Waals surface area (Å²) in [5.41, 5.74) is 1.76. The number of carbonyl (C=O) groups is 1. The molecule has 17 heavy (non-hydrogen) atoms. The zero-order valence-corrected chi connectivity index (χ0v) is 12.3. The second-order valence-electron chi connectivity index (χ2n) is 3.85. The van der Waals surface area contributed by atoms with Gasteiger partial charge in [-0.15, -0.1) is 0 Å². The molecule has 0 heterocycles. The SMILES string of the molecule is CC(CNC(=O)c1ccc(CBr)cc1)S(C)=O. The maximum absolute atomic E-state index is 11.7. The highest BCUT2D eigenvalue weighted by Gasteiger charge is 2.09. The van der Waals surface area contributed by atoms with Crippen LogP contribution in [-0.2, 0) is 16.1 Å². The molecule has 3 nitrogen and oxygen atoms in total. The summed E-state index contributed by atoms with van der Waals surface area (Å²) in [7, 11) is -0.909. The van der Waals surface area contributed by atoms with E-state index in [9.17, 15) is 9.00 Å². The Labute approximate surface area is 113 Å². The minimum atomic E-state index is -0.909. The number of carbonyl (C=O) groups excluding carboxylic acids is 1. The van der Waals surface area contributed by atoms with Gasteiger partial charge >= 0.3 is 0 Å². The predicted molar refractivity (Wildman–Crippen MR) is 74.9 cm³/mol. The molecule has 1 N–H and O–H groups in total. The van der Waals surface area contributed by atoms with Gasteiger partial charge in [0, 0.05) is 39.7 Å². The fraction of sp³-hybridized carbons (Fsp3) is 0.417. The van der Waals surface area contributed by atoms with E-state index in [0.717, 1.165) is 10.9 Å². The van der Waals surface area contributed by atoms with E-state index < -0.39 is 10.8 Å². The van der Waals surface area contributed by atoms with Crippen LogP contribution in [0, 0.1) is 0 Å². The highest BCUT2D eigenvalue weighted by molar-refractivity contribution is 9.08. The summed E-state index contributed by atoms with van der Waals surface area (Å²) in [5.74, 6) is -0.122. The number of alkyl halides is 1. The van der Waals surface area contributed by atoms with Gasteiger partial charge in [-0.1, -0.05) is 28.1 Å². The molecular weight excluding hydrogens is 302 g/mol. The fourth-order valence-electron chi connectivity index (χ4n) is 1.20. The van der Waals surface area contributed by atoms with Crippen molar-refractivity contribution in [2.45, 2.75) is 17.5 Å². The lowest BCUT2D eigenvalue weighted by atomic mass is 10.1. The van der Waals surface area contributed by atoms with E-state index in [4.69, 9.17) is 0 Å². The quantitative estimate of drug-likeness (QED) is 0.845. The molecule has 2 atom stereocenters. The molecule has 0 saturated heterocycles. The number of hydrogen-bond acceptors (Lipinski definition) is 2. The Morgan fingerprint density at radius 2 is 2.00 bits per heavy atom. The Bertz CT molecular complexity index is 405. The van der Waals surface area contributed by atoms with Crippen LogP contribution in [0.15, 0.2) is 24.3 Å². The summed E-state index contributed by atoms with van der Waals surface area (Å²) in [4.78, 5) is 11.7. The molecule has 0 aliphatic rings. The molecule has 2 unspecified atom stereocenters. The van der Waals surface area contributed by atoms with Crippen molar-refractivity contribution >= 4 is 32.6 Å². The highest BCUT2D eigenvalue weighted by atomic mass is 79.9. The largest absolute Gasteiger partial charge is 0.351 e. The van der Waals surface area contributed by atoms with E-state index in [1.54, 1.807) is 18.4 Å². The lowest BCUT2D eigenvalue weighted by molar-refractivity contribution is 0.0954. The third-order valence-corrected chi connectivity index (χ3v) is 4.43. The van der Waals surface area contributed by atoms with Gasteiger partial charge in [-0.2, -0.15) is 0 Å². The van der Waals surface area contributed by atoms with Crippen LogP contribution in [0.5, 0.6) is 0 Å². The molecule has 0 radical (unpaired) electrons. The first-order valence-corrected chi connectivity index (χ1v) is 8.04. The number of benzene rings is 1. The Balaban J connectivity index is 2.55. The maximum atomic E-state index is 11.7. The summed E-state index contributed by atoms with van der Waals surface area (Å²) >= 11 is 3.35. The molecule has 1 amide bonds. The monoisotopic (exact) mass is 317 g/mol. The molecule has 0 aromatic heterocycles. The molecular formula is C12H16BrNO2S. The smallest absolute Gasteiger partial charge is 0.251 e. The molecule has 1 aromatic carbocycles. The molecule has 0 bridgehead atoms. The number of halogens is 1. The maximum Gasteiger partial charge on any atom is 0.251 e. The van der Waals surface area contributed by atoms with Gasteiger partial charge in [0.15, 0.2) is 0 Å². The number of rotatable bonds is 5. The van der Waals surface area contributed by atoms with Crippen molar-refractivity contribution in [3.05, 3.63) is 35.4 Å². The molecule has 0 saturated carbocycles. The molecule has 1 aromatic rings. The van der Waals surface area contributed by atoms with Gasteiger partial charge in [0.05, 0.1) is 0 Å². The van der Waals surface area contributed by atoms with Crippen molar-refractivity contribution in [2.24, 2.45) is 0 Å². The van der Waals surface area contributed by atoms with Crippen LogP contribution >= 0.6 is 15.9 Å². The summed E-state index contributed by atoms with van der Waals surface area (Å²) < 4.78 is 11.1. The molecule has 0 aliphatic heterocycles. The molecule has 1 rings (SSSR count). The van der Waals surface area contributed by atoms with Crippen molar-refractivity contribution < 1.29 is 9.00 Å². The second kappa shape index (κ2) is 6.91. The first-order chi connectivity index (χ1) is 8.04. The summed E-state index contributed by atoms with van der Waals surface area (Å²) in [6.45, 7) is 2.28. The van der Waals surface area contributed by atoms with Crippen LogP contribution in [0.2, 0.25) is 0 Å². The van der Waals surface area contributed by atoms with Gasteiger partial charge < -0.3 is 5.32 Å². The van der Waals surface area contributed by atoms with Crippen LogP contribution in [0.4, 0.5) is 0 Å². The number of hydrogen-bond donors (Lipinski definition) is 1. The molecule has 5 heteroatoms. The van der Waals surface area contributed by atoms with Crippen LogP contribution in [0.3, 0.4) is 0 Å². The molecule has 0 aliphatic carbocycles. The van der Waals surface area contributed by atoms with Crippen LogP contribution in [-0.4, -0.2) is 28.2 Å². The first-order valence-electron chi connectivity index (χ1n) is 5.30. The lowest BCUT2D eigenvalue weighted by Crippen LogP contribution is -2.32. The van der Waals surface area contributed by atoms with Crippen molar-refractivity contribution in [2.75, 3.05) is 12.8 Å². The number of nitrogens with one attached hydrogen (secondary N) is 1. The van der Waals surface area contributed by atoms with E-state index in [1.807, 2.05) is 19.1 Å². The van der Waals surface area contributed by atoms with Crippen molar-refractivity contribution in [1.82, 2.24) is 5.32 Å². The van der Waals surface area contributed by atoms with Crippen molar-refractivity contribution in [3.8, 4) is 0 Å². The fourth-order valence-corrected chi connectivity index (χ4v) is 1.89. The van der Waals surface area contributed by atoms with E-state index in [2.05, 4.69) is 21.2 Å². The molecule has 0 fully saturated rings. The van der Waals surface area contributed by atoms with Gasteiger partial charge in [-0.3, -0.25) is 9.00 Å². The van der Waals surface area contributed by atoms with E-state index in [1.165, 1.54) is 0 Å². The van der Waals surface area contributed by atoms with E-state index in [-0.39, 0.29) is 11.2 Å². The topological polar surface area (TPSA) is 46.2 Å². The van der Waals surface area contributed by atoms with Crippen LogP contribution in [0.1, 0.15) is 22.8 Å². The Morgan fingerprint density at radius 3 is 2.47 bits per heavy atom. The summed E-state index contributed by atoms with van der Waals surface area (Å²) in [6, 6.07) is 7.40. The van der Waals surface area contributed by atoms with E-state index in [0.29, 0.717) is 12.1 Å². The highest BCUT2D eigenvalue weighted by Crippen LogP contribution is 2.07. The zero-order chi connectivity index (χ0) is 12.8. The van der Waals surface area contributed by atoms with E-state index >= 15 is 0 Å². The number of amides is 1. The minimum Gasteiger partial charge on any atom is -0.351 e. The summed E-state index contributed by atoms with van der Waals surface area (Å²) in [5, 5.41) is 3.53. The minimum absolute atomic E-state index is 0.0271. The van der Waals surface area contributed by atoms with Gasteiger partial charge in [0.25, 0.3) is 5.91 Å². The third-order valence-electron chi connectivity index (χ3n) is 2.49. The average Bonchev–Trinajstić information content (AvgIpc) is 2.35. The molecule has 0 spiro atoms. The predicted octanol–water partition coefficient (Wildman–Crippen LogP) is 2.08. The van der Waals surface area contributed by atoms with Gasteiger partial charge in [-0.25, -0.2) is 0 Å². The molecule has 94 valence electrons. The van der Waals surface area contributed by atoms with Gasteiger partial charge in [0.1, 0.15) is 0 Å². The van der Waals surface area contributed by atoms with Crippen molar-refractivity contribution in [1.29, 1.82) is 0 Å². The second-order valence-corrected chi connectivity index (χ2v) is 6.21. The van der Waals surface area contributed by atoms with Crippen molar-refractivity contribution in [3.63, 3.8) is 0 Å². The average molecular weight is 318 g/mol. The van der Waals surface area contributed by atoms with Gasteiger partial charge in [-0.05, 0) is 24.6 Å². The Kier molecular flexibility index (Phi) is 5.85. The Hall–Kier alpha value is -0.680. The third kappa shape index (κ3) is 4.60. The van der Waals surface area contributed by atoms with Crippen LogP contribution in [0.25, 0.3) is 0 Å². The lowest BCUT2D eigenvalue weighted by Gasteiger charge is -2.10. The zero-order valence-electron chi connectivity index (χ0n) is 9.90. The van der Waals surface area contributed by atoms with Crippen LogP contribution < -0.4 is 5.32 Å². The normalized spacial score (nSPS) is 14.1.